The number of ketones is 1. The Morgan fingerprint density at radius 3 is 2.32 bits per heavy atom. The third-order valence-corrected chi connectivity index (χ3v) is 5.55. The molecule has 1 N–H and O–H groups in total. The van der Waals surface area contributed by atoms with E-state index in [-0.39, 0.29) is 27.8 Å². The fourth-order valence-corrected chi connectivity index (χ4v) is 3.13. The van der Waals surface area contributed by atoms with Crippen LogP contribution in [0.1, 0.15) is 16.8 Å². The molecule has 0 spiro atoms. The van der Waals surface area contributed by atoms with Crippen molar-refractivity contribution in [2.45, 2.75) is 11.3 Å². The Hall–Kier alpha value is -2.22. The fraction of sp³-hybridized carbons (Fsp3) is 0.176. The van der Waals surface area contributed by atoms with E-state index < -0.39 is 15.9 Å². The van der Waals surface area contributed by atoms with E-state index in [0.29, 0.717) is 5.56 Å². The summed E-state index contributed by atoms with van der Waals surface area (Å²) in [6.45, 7) is 0. The number of nitrogens with zero attached hydrogens (tertiary/aromatic N) is 1. The highest BCUT2D eigenvalue weighted by atomic mass is 35.5. The number of amides is 1. The van der Waals surface area contributed by atoms with Gasteiger partial charge in [-0.05, 0) is 18.2 Å². The average molecular weight is 381 g/mol. The predicted molar refractivity (Wildman–Crippen MR) is 96.3 cm³/mol. The number of nitrogens with one attached hydrogen (secondary N) is 1. The summed E-state index contributed by atoms with van der Waals surface area (Å²) in [6, 6.07) is 12.4. The van der Waals surface area contributed by atoms with Crippen LogP contribution in [0.5, 0.6) is 0 Å². The molecule has 1 amide bonds. The lowest BCUT2D eigenvalue weighted by atomic mass is 10.1. The summed E-state index contributed by atoms with van der Waals surface area (Å²) in [7, 11) is -0.855. The van der Waals surface area contributed by atoms with Gasteiger partial charge in [0.2, 0.25) is 15.9 Å². The predicted octanol–water partition coefficient (Wildman–Crippen LogP) is 2.80. The number of Topliss-reactive ketones (excluding diaryl/α,β-unsaturated/α-hetero) is 1. The summed E-state index contributed by atoms with van der Waals surface area (Å²) >= 11 is 6.02. The number of rotatable bonds is 6. The highest BCUT2D eigenvalue weighted by molar-refractivity contribution is 7.89. The molecule has 0 bridgehead atoms. The van der Waals surface area contributed by atoms with Gasteiger partial charge < -0.3 is 5.32 Å². The van der Waals surface area contributed by atoms with E-state index >= 15 is 0 Å². The molecular weight excluding hydrogens is 364 g/mol. The van der Waals surface area contributed by atoms with Crippen LogP contribution in [-0.2, 0) is 14.8 Å². The van der Waals surface area contributed by atoms with Gasteiger partial charge >= 0.3 is 0 Å². The van der Waals surface area contributed by atoms with Gasteiger partial charge in [-0.2, -0.15) is 0 Å². The van der Waals surface area contributed by atoms with Gasteiger partial charge in [0, 0.05) is 19.7 Å². The maximum absolute atomic E-state index is 12.2. The summed E-state index contributed by atoms with van der Waals surface area (Å²) in [5.74, 6) is -0.915. The van der Waals surface area contributed by atoms with Gasteiger partial charge in [0.05, 0.1) is 22.0 Å². The van der Waals surface area contributed by atoms with Crippen LogP contribution in [0.2, 0.25) is 5.02 Å². The van der Waals surface area contributed by atoms with E-state index in [4.69, 9.17) is 11.6 Å². The topological polar surface area (TPSA) is 83.6 Å². The van der Waals surface area contributed by atoms with Crippen LogP contribution >= 0.6 is 11.6 Å². The zero-order chi connectivity index (χ0) is 18.6. The minimum absolute atomic E-state index is 0.00779. The lowest BCUT2D eigenvalue weighted by Crippen LogP contribution is -2.22. The Morgan fingerprint density at radius 1 is 1.08 bits per heavy atom. The molecule has 25 heavy (non-hydrogen) atoms. The van der Waals surface area contributed by atoms with Gasteiger partial charge in [-0.15, -0.1) is 0 Å². The lowest BCUT2D eigenvalue weighted by Gasteiger charge is -2.13. The minimum atomic E-state index is -3.66. The minimum Gasteiger partial charge on any atom is -0.324 e. The van der Waals surface area contributed by atoms with Gasteiger partial charge in [0.1, 0.15) is 0 Å². The number of anilines is 1. The van der Waals surface area contributed by atoms with Gasteiger partial charge in [-0.3, -0.25) is 9.59 Å². The highest BCUT2D eigenvalue weighted by Crippen LogP contribution is 2.26. The molecule has 0 heterocycles. The molecule has 0 radical (unpaired) electrons. The zero-order valence-corrected chi connectivity index (χ0v) is 15.3. The van der Waals surface area contributed by atoms with E-state index in [1.54, 1.807) is 30.3 Å². The molecule has 0 fully saturated rings. The molecule has 0 atom stereocenters. The molecule has 0 aliphatic rings. The third kappa shape index (κ3) is 4.66. The molecular formula is C17H17ClN2O4S. The van der Waals surface area contributed by atoms with Crippen LogP contribution in [0.3, 0.4) is 0 Å². The van der Waals surface area contributed by atoms with Gasteiger partial charge in [0.25, 0.3) is 0 Å². The average Bonchev–Trinajstić information content (AvgIpc) is 2.57. The van der Waals surface area contributed by atoms with Crippen molar-refractivity contribution in [3.63, 3.8) is 0 Å². The zero-order valence-electron chi connectivity index (χ0n) is 13.7. The fourth-order valence-electron chi connectivity index (χ4n) is 2.04. The monoisotopic (exact) mass is 380 g/mol. The molecule has 132 valence electrons. The normalized spacial score (nSPS) is 11.4. The smallest absolute Gasteiger partial charge is 0.242 e. The van der Waals surface area contributed by atoms with Crippen LogP contribution in [-0.4, -0.2) is 38.5 Å². The first-order valence-corrected chi connectivity index (χ1v) is 9.14. The van der Waals surface area contributed by atoms with Crippen molar-refractivity contribution in [1.82, 2.24) is 4.31 Å². The standard InChI is InChI=1S/C17H17ClN2O4S/c1-20(2)25(23,24)13-8-9-14(18)15(10-13)19-17(22)11-16(21)12-6-4-3-5-7-12/h3-10H,11H2,1-2H3,(H,19,22). The second-order valence-corrected chi connectivity index (χ2v) is 8.00. The van der Waals surface area contributed by atoms with Crippen molar-refractivity contribution in [2.24, 2.45) is 0 Å². The summed E-state index contributed by atoms with van der Waals surface area (Å²) in [6.07, 6.45) is -0.370. The molecule has 0 saturated heterocycles. The number of benzene rings is 2. The summed E-state index contributed by atoms with van der Waals surface area (Å²) in [5, 5.41) is 2.67. The molecule has 0 aromatic heterocycles. The SMILES string of the molecule is CN(C)S(=O)(=O)c1ccc(Cl)c(NC(=O)CC(=O)c2ccccc2)c1. The van der Waals surface area contributed by atoms with Crippen LogP contribution in [0.15, 0.2) is 53.4 Å². The Balaban J connectivity index is 2.17. The maximum atomic E-state index is 12.2. The van der Waals surface area contributed by atoms with E-state index in [1.165, 1.54) is 32.3 Å². The van der Waals surface area contributed by atoms with Crippen molar-refractivity contribution < 1.29 is 18.0 Å². The number of hydrogen-bond donors (Lipinski definition) is 1. The first-order chi connectivity index (χ1) is 11.7. The highest BCUT2D eigenvalue weighted by Gasteiger charge is 2.19. The molecule has 2 aromatic carbocycles. The first-order valence-electron chi connectivity index (χ1n) is 7.32. The molecule has 0 saturated carbocycles. The molecule has 2 rings (SSSR count). The molecule has 0 aliphatic carbocycles. The van der Waals surface area contributed by atoms with E-state index in [9.17, 15) is 18.0 Å². The summed E-state index contributed by atoms with van der Waals surface area (Å²) in [4.78, 5) is 24.1. The lowest BCUT2D eigenvalue weighted by molar-refractivity contribution is -0.115. The maximum Gasteiger partial charge on any atom is 0.242 e. The van der Waals surface area contributed by atoms with Crippen molar-refractivity contribution in [3.8, 4) is 0 Å². The van der Waals surface area contributed by atoms with E-state index in [1.807, 2.05) is 0 Å². The Labute approximate surface area is 151 Å². The van der Waals surface area contributed by atoms with Crippen LogP contribution < -0.4 is 5.32 Å². The number of carbonyl (C=O) groups is 2. The molecule has 8 heteroatoms. The van der Waals surface area contributed by atoms with Crippen molar-refractivity contribution in [2.75, 3.05) is 19.4 Å². The quantitative estimate of drug-likeness (QED) is 0.617. The Morgan fingerprint density at radius 2 is 1.72 bits per heavy atom. The molecule has 0 aliphatic heterocycles. The number of sulfonamides is 1. The largest absolute Gasteiger partial charge is 0.324 e. The van der Waals surface area contributed by atoms with Crippen molar-refractivity contribution >= 4 is 39.0 Å². The molecule has 6 nitrogen and oxygen atoms in total. The number of hydrogen-bond acceptors (Lipinski definition) is 4. The molecule has 2 aromatic rings. The summed E-state index contributed by atoms with van der Waals surface area (Å²) < 4.78 is 25.4. The van der Waals surface area contributed by atoms with Gasteiger partial charge in [-0.25, -0.2) is 12.7 Å². The van der Waals surface area contributed by atoms with Crippen molar-refractivity contribution in [1.29, 1.82) is 0 Å². The second kappa shape index (κ2) is 7.77. The van der Waals surface area contributed by atoms with Crippen molar-refractivity contribution in [3.05, 3.63) is 59.1 Å². The van der Waals surface area contributed by atoms with Gasteiger partial charge in [-0.1, -0.05) is 41.9 Å². The summed E-state index contributed by atoms with van der Waals surface area (Å²) in [5.41, 5.74) is 0.558. The van der Waals surface area contributed by atoms with Crippen LogP contribution in [0.4, 0.5) is 5.69 Å². The first kappa shape index (κ1) is 19.1. The van der Waals surface area contributed by atoms with Crippen LogP contribution in [0.25, 0.3) is 0 Å². The second-order valence-electron chi connectivity index (χ2n) is 5.44. The number of halogens is 1. The van der Waals surface area contributed by atoms with E-state index in [0.717, 1.165) is 4.31 Å². The van der Waals surface area contributed by atoms with Crippen LogP contribution in [0, 0.1) is 0 Å². The Bertz CT molecular complexity index is 896. The van der Waals surface area contributed by atoms with E-state index in [2.05, 4.69) is 5.32 Å². The number of carbonyl (C=O) groups excluding carboxylic acids is 2. The van der Waals surface area contributed by atoms with Gasteiger partial charge in [0.15, 0.2) is 5.78 Å². The third-order valence-electron chi connectivity index (χ3n) is 3.41. The Kier molecular flexibility index (Phi) is 5.94. The molecule has 0 unspecified atom stereocenters.